The Kier molecular flexibility index (Phi) is 22.5. The predicted molar refractivity (Wildman–Crippen MR) is 434 cm³/mol. The number of fused-ring (bicyclic) bond motifs is 3. The minimum absolute atomic E-state index is 0.153. The van der Waals surface area contributed by atoms with Gasteiger partial charge in [-0.25, -0.2) is 9.59 Å². The summed E-state index contributed by atoms with van der Waals surface area (Å²) in [6.07, 6.45) is 20.0. The number of anilines is 6. The molecule has 4 heterocycles. The maximum atomic E-state index is 11.5. The number of unbranched alkanes of at least 4 members (excludes halogenated alkanes) is 10. The Bertz CT molecular complexity index is 4790. The molecule has 0 fully saturated rings. The summed E-state index contributed by atoms with van der Waals surface area (Å²) in [7, 11) is 0. The molecule has 0 bridgehead atoms. The molecule has 0 atom stereocenters. The van der Waals surface area contributed by atoms with Crippen LogP contribution < -0.4 is 9.80 Å². The molecular formula is C91H82N4O4S4. The van der Waals surface area contributed by atoms with Crippen LogP contribution in [-0.4, -0.2) is 22.2 Å². The van der Waals surface area contributed by atoms with E-state index in [1.165, 1.54) is 168 Å². The van der Waals surface area contributed by atoms with E-state index in [4.69, 9.17) is 0 Å². The predicted octanol–water partition coefficient (Wildman–Crippen LogP) is 27.2. The van der Waals surface area contributed by atoms with Crippen molar-refractivity contribution < 1.29 is 19.8 Å². The van der Waals surface area contributed by atoms with Crippen LogP contribution in [0.2, 0.25) is 0 Å². The molecule has 12 aromatic rings. The van der Waals surface area contributed by atoms with Gasteiger partial charge in [0.2, 0.25) is 0 Å². The molecule has 103 heavy (non-hydrogen) atoms. The van der Waals surface area contributed by atoms with Crippen molar-refractivity contribution in [3.8, 4) is 85.9 Å². The van der Waals surface area contributed by atoms with Crippen LogP contribution >= 0.6 is 45.3 Å². The summed E-state index contributed by atoms with van der Waals surface area (Å²) in [4.78, 5) is 35.6. The van der Waals surface area contributed by atoms with Gasteiger partial charge in [-0.1, -0.05) is 199 Å². The third-order valence-electron chi connectivity index (χ3n) is 19.8. The minimum Gasteiger partial charge on any atom is -0.477 e. The van der Waals surface area contributed by atoms with Gasteiger partial charge in [0.05, 0.1) is 0 Å². The van der Waals surface area contributed by atoms with Gasteiger partial charge < -0.3 is 20.0 Å². The van der Waals surface area contributed by atoms with Gasteiger partial charge in [0, 0.05) is 78.6 Å². The number of carboxylic acids is 2. The van der Waals surface area contributed by atoms with Crippen molar-refractivity contribution in [1.29, 1.82) is 10.5 Å². The highest BCUT2D eigenvalue weighted by atomic mass is 32.1. The van der Waals surface area contributed by atoms with Gasteiger partial charge in [0.25, 0.3) is 0 Å². The summed E-state index contributed by atoms with van der Waals surface area (Å²) in [5.74, 6) is -2.46. The normalized spacial score (nSPS) is 12.4. The molecule has 0 saturated carbocycles. The zero-order chi connectivity index (χ0) is 71.4. The number of rotatable bonds is 30. The van der Waals surface area contributed by atoms with Crippen LogP contribution in [0, 0.1) is 36.5 Å². The fourth-order valence-electron chi connectivity index (χ4n) is 14.3. The van der Waals surface area contributed by atoms with Crippen molar-refractivity contribution >= 4 is 104 Å². The van der Waals surface area contributed by atoms with E-state index in [1.807, 2.05) is 24.3 Å². The Balaban J connectivity index is 0.797. The topological polar surface area (TPSA) is 129 Å². The first-order valence-electron chi connectivity index (χ1n) is 35.9. The molecule has 13 rings (SSSR count). The van der Waals surface area contributed by atoms with Gasteiger partial charge in [0.1, 0.15) is 23.3 Å². The molecule has 2 N–H and O–H groups in total. The van der Waals surface area contributed by atoms with Crippen molar-refractivity contribution in [2.45, 2.75) is 123 Å². The molecule has 514 valence electrons. The number of hydrogen-bond donors (Lipinski definition) is 2. The second kappa shape index (κ2) is 32.7. The average molecular weight is 1420 g/mol. The average Bonchev–Trinajstić information content (AvgIpc) is 1.56. The number of thiophene rings is 4. The second-order valence-electron chi connectivity index (χ2n) is 26.8. The summed E-state index contributed by atoms with van der Waals surface area (Å²) in [6, 6.07) is 87.9. The summed E-state index contributed by atoms with van der Waals surface area (Å²) in [6.45, 7) is 8.86. The summed E-state index contributed by atoms with van der Waals surface area (Å²) in [5.41, 5.74) is 20.8. The van der Waals surface area contributed by atoms with Gasteiger partial charge in [-0.05, 0) is 228 Å². The van der Waals surface area contributed by atoms with Gasteiger partial charge in [-0.3, -0.25) is 0 Å². The molecule has 0 unspecified atom stereocenters. The Labute approximate surface area is 621 Å². The fraction of sp³-hybridized carbons (Fsp3) is 0.209. The highest BCUT2D eigenvalue weighted by Crippen LogP contribution is 2.56. The maximum absolute atomic E-state index is 11.5. The van der Waals surface area contributed by atoms with Crippen LogP contribution in [-0.2, 0) is 15.0 Å². The molecular weight excluding hydrogens is 1340 g/mol. The number of benzene rings is 8. The maximum Gasteiger partial charge on any atom is 0.346 e. The zero-order valence-corrected chi connectivity index (χ0v) is 61.9. The Morgan fingerprint density at radius 1 is 0.359 bits per heavy atom. The molecule has 1 aliphatic rings. The highest BCUT2D eigenvalue weighted by Gasteiger charge is 2.43. The van der Waals surface area contributed by atoms with E-state index < -0.39 is 11.9 Å². The van der Waals surface area contributed by atoms with Gasteiger partial charge in [-0.15, -0.1) is 45.3 Å². The van der Waals surface area contributed by atoms with Crippen LogP contribution in [0.1, 0.15) is 136 Å². The van der Waals surface area contributed by atoms with Gasteiger partial charge in [0.15, 0.2) is 0 Å². The number of hydrogen-bond acceptors (Lipinski definition) is 10. The second-order valence-corrected chi connectivity index (χ2v) is 31.2. The number of nitrogens with zero attached hydrogens (tertiary/aromatic N) is 4. The van der Waals surface area contributed by atoms with Crippen molar-refractivity contribution in [3.05, 3.63) is 274 Å². The number of aryl methyl sites for hydroxylation is 2. The SMILES string of the molecule is CCCCCCCCC1(CCCCCCCC)c2cc(-c3ccc(N(c4ccc(C)cc4)c4ccc(-c5ccc(-c6ccc(/C=C(/C#N)C(=O)O)s6)s5)cc4)cc3)ccc2-c2ccc(-c3ccc(N(c4ccc(C)cc4)c4ccc(-c5ccc(-c6ccc(/C=C(/C#N)C(=O)O)s6)s5)cc4)cc3)cc21. The lowest BCUT2D eigenvalue weighted by molar-refractivity contribution is -0.133. The third kappa shape index (κ3) is 16.1. The lowest BCUT2D eigenvalue weighted by atomic mass is 9.70. The van der Waals surface area contributed by atoms with E-state index in [9.17, 15) is 30.3 Å². The third-order valence-corrected chi connectivity index (χ3v) is 24.5. The molecule has 8 nitrogen and oxygen atoms in total. The van der Waals surface area contributed by atoms with Crippen LogP contribution in [0.3, 0.4) is 0 Å². The van der Waals surface area contributed by atoms with E-state index >= 15 is 0 Å². The van der Waals surface area contributed by atoms with E-state index in [2.05, 4.69) is 244 Å². The molecule has 0 aliphatic heterocycles. The molecule has 8 aromatic carbocycles. The van der Waals surface area contributed by atoms with Crippen LogP contribution in [0.25, 0.3) is 85.9 Å². The first kappa shape index (κ1) is 71.0. The number of aliphatic carboxylic acids is 2. The van der Waals surface area contributed by atoms with E-state index in [1.54, 1.807) is 34.8 Å². The van der Waals surface area contributed by atoms with Crippen molar-refractivity contribution in [2.24, 2.45) is 0 Å². The lowest BCUT2D eigenvalue weighted by Crippen LogP contribution is -2.25. The molecule has 0 radical (unpaired) electrons. The molecule has 0 saturated heterocycles. The first-order chi connectivity index (χ1) is 50.3. The lowest BCUT2D eigenvalue weighted by Gasteiger charge is -2.33. The molecule has 0 amide bonds. The Morgan fingerprint density at radius 2 is 0.650 bits per heavy atom. The highest BCUT2D eigenvalue weighted by molar-refractivity contribution is 7.24. The van der Waals surface area contributed by atoms with E-state index in [0.29, 0.717) is 0 Å². The Hall–Kier alpha value is -10.4. The largest absolute Gasteiger partial charge is 0.477 e. The number of nitriles is 2. The van der Waals surface area contributed by atoms with Gasteiger partial charge in [-0.2, -0.15) is 10.5 Å². The monoisotopic (exact) mass is 1420 g/mol. The van der Waals surface area contributed by atoms with Crippen molar-refractivity contribution in [1.82, 2.24) is 0 Å². The van der Waals surface area contributed by atoms with Crippen molar-refractivity contribution in [2.75, 3.05) is 9.80 Å². The fourth-order valence-corrected chi connectivity index (χ4v) is 18.4. The molecule has 4 aromatic heterocycles. The summed E-state index contributed by atoms with van der Waals surface area (Å²) >= 11 is 6.33. The zero-order valence-electron chi connectivity index (χ0n) is 58.6. The number of carboxylic acid groups (broad SMARTS) is 2. The number of carbonyl (C=O) groups is 2. The van der Waals surface area contributed by atoms with E-state index in [-0.39, 0.29) is 16.6 Å². The minimum atomic E-state index is -1.23. The Morgan fingerprint density at radius 3 is 0.990 bits per heavy atom. The van der Waals surface area contributed by atoms with Crippen LogP contribution in [0.5, 0.6) is 0 Å². The standard InChI is InChI=1S/C91H82N4O4S4/c1-5-7-9-11-13-15-53-91(54-16-14-12-10-8-6-2)81-57-67(63-21-35-73(36-22-63)94(71-31-17-61(3)18-32-71)75-39-25-65(26-40-75)83-49-51-87(102-83)85-47-43-77(100-85)55-69(59-92)89(96)97)29-45-79(81)80-46-30-68(58-82(80)91)64-23-37-74(38-24-64)95(72-33-19-62(4)20-34-72)76-41-27-66(28-42-76)84-50-52-88(103-84)86-48-44-78(101-86)56-70(60-93)90(98)99/h17-52,55-58H,5-16,53-54H2,1-4H3,(H,96,97)(H,98,99)/b69-55-,70-56-. The summed E-state index contributed by atoms with van der Waals surface area (Å²) in [5, 5.41) is 37.5. The van der Waals surface area contributed by atoms with Gasteiger partial charge >= 0.3 is 11.9 Å². The first-order valence-corrected chi connectivity index (χ1v) is 39.1. The molecule has 12 heteroatoms. The molecule has 1 aliphatic carbocycles. The smallest absolute Gasteiger partial charge is 0.346 e. The van der Waals surface area contributed by atoms with Crippen LogP contribution in [0.4, 0.5) is 34.1 Å². The van der Waals surface area contributed by atoms with Crippen molar-refractivity contribution in [3.63, 3.8) is 0 Å². The molecule has 0 spiro atoms. The van der Waals surface area contributed by atoms with E-state index in [0.717, 1.165) is 97.1 Å². The summed E-state index contributed by atoms with van der Waals surface area (Å²) < 4.78 is 0. The van der Waals surface area contributed by atoms with Crippen LogP contribution in [0.15, 0.2) is 242 Å². The quantitative estimate of drug-likeness (QED) is 0.0259.